The van der Waals surface area contributed by atoms with Gasteiger partial charge in [0.05, 0.1) is 0 Å². The molecule has 0 amide bonds. The van der Waals surface area contributed by atoms with E-state index >= 15 is 0 Å². The number of H-pyrrole nitrogens is 2. The van der Waals surface area contributed by atoms with Crippen LogP contribution in [-0.4, -0.2) is 16.2 Å². The third kappa shape index (κ3) is 0.769. The predicted octanol–water partition coefficient (Wildman–Crippen LogP) is 1.30. The minimum Gasteiger partial charge on any atom is -0.341 e. The van der Waals surface area contributed by atoms with E-state index in [2.05, 4.69) is 15.1 Å². The summed E-state index contributed by atoms with van der Waals surface area (Å²) in [5.74, 6) is 1.07. The molecule has 1 aromatic heterocycles. The molecule has 0 saturated heterocycles. The van der Waals surface area contributed by atoms with Crippen molar-refractivity contribution in [2.45, 2.75) is 11.5 Å². The molecule has 0 radical (unpaired) electrons. The summed E-state index contributed by atoms with van der Waals surface area (Å²) in [6.07, 6.45) is 1.00. The van der Waals surface area contributed by atoms with Crippen molar-refractivity contribution in [2.75, 3.05) is 5.75 Å². The van der Waals surface area contributed by atoms with Crippen LogP contribution in [0.3, 0.4) is 0 Å². The van der Waals surface area contributed by atoms with Gasteiger partial charge in [-0.1, -0.05) is 17.1 Å². The van der Waals surface area contributed by atoms with Gasteiger partial charge in [-0.05, 0) is 0 Å². The standard InChI is InChI=1S/C4H6N2O2S/c1-2-9-4-3(1)5-8-6-7-4/h5-6H,1-2H2. The number of aryl methyl sites for hydroxylation is 1. The first-order valence-corrected chi connectivity index (χ1v) is 3.65. The van der Waals surface area contributed by atoms with Gasteiger partial charge in [-0.15, -0.1) is 0 Å². The molecular formula is C4H6N2O2S. The first-order chi connectivity index (χ1) is 4.47. The Morgan fingerprint density at radius 2 is 2.56 bits per heavy atom. The van der Waals surface area contributed by atoms with E-state index in [9.17, 15) is 0 Å². The maximum Gasteiger partial charge on any atom is 0.214 e. The first kappa shape index (κ1) is 5.10. The molecular weight excluding hydrogens is 140 g/mol. The lowest BCUT2D eigenvalue weighted by Gasteiger charge is -1.91. The molecule has 1 aliphatic heterocycles. The topological polar surface area (TPSA) is 57.9 Å². The molecule has 1 aromatic rings. The van der Waals surface area contributed by atoms with E-state index in [0.717, 1.165) is 23.0 Å². The van der Waals surface area contributed by atoms with Gasteiger partial charge in [-0.2, -0.15) is 5.16 Å². The molecule has 0 aliphatic carbocycles. The van der Waals surface area contributed by atoms with Gasteiger partial charge in [0, 0.05) is 12.2 Å². The fourth-order valence-corrected chi connectivity index (χ4v) is 1.66. The van der Waals surface area contributed by atoms with Crippen LogP contribution >= 0.6 is 11.8 Å². The zero-order valence-electron chi connectivity index (χ0n) is 4.64. The molecule has 0 aromatic carbocycles. The third-order valence-electron chi connectivity index (χ3n) is 1.18. The van der Waals surface area contributed by atoms with Crippen LogP contribution in [0, 0.1) is 0 Å². The number of aromatic amines is 2. The minimum atomic E-state index is 0.904. The highest BCUT2D eigenvalue weighted by molar-refractivity contribution is 7.99. The van der Waals surface area contributed by atoms with Crippen molar-refractivity contribution in [3.05, 3.63) is 5.69 Å². The summed E-state index contributed by atoms with van der Waals surface area (Å²) in [4.78, 5) is 0. The van der Waals surface area contributed by atoms with Gasteiger partial charge in [-0.25, -0.2) is 0 Å². The van der Waals surface area contributed by atoms with Crippen molar-refractivity contribution < 1.29 is 9.15 Å². The fourth-order valence-electron chi connectivity index (χ4n) is 0.760. The molecule has 9 heavy (non-hydrogen) atoms. The van der Waals surface area contributed by atoms with Crippen molar-refractivity contribution in [3.8, 4) is 0 Å². The number of hydrogen-bond acceptors (Lipinski definition) is 3. The summed E-state index contributed by atoms with van der Waals surface area (Å²) >= 11 is 1.68. The molecule has 2 heterocycles. The van der Waals surface area contributed by atoms with Crippen molar-refractivity contribution in [2.24, 2.45) is 0 Å². The molecule has 0 spiro atoms. The van der Waals surface area contributed by atoms with Gasteiger partial charge in [0.15, 0.2) is 0 Å². The Morgan fingerprint density at radius 1 is 1.56 bits per heavy atom. The van der Waals surface area contributed by atoms with E-state index in [-0.39, 0.29) is 0 Å². The molecule has 2 rings (SSSR count). The van der Waals surface area contributed by atoms with Crippen LogP contribution < -0.4 is 0 Å². The van der Waals surface area contributed by atoms with Crippen LogP contribution in [-0.2, 0) is 6.42 Å². The zero-order chi connectivity index (χ0) is 6.10. The molecule has 0 atom stereocenters. The fraction of sp³-hybridized carbons (Fsp3) is 0.500. The molecule has 0 fully saturated rings. The lowest BCUT2D eigenvalue weighted by Crippen LogP contribution is -1.85. The second-order valence-electron chi connectivity index (χ2n) is 1.75. The predicted molar refractivity (Wildman–Crippen MR) is 31.7 cm³/mol. The molecule has 1 aliphatic rings. The van der Waals surface area contributed by atoms with Crippen molar-refractivity contribution in [1.29, 1.82) is 0 Å². The normalized spacial score (nSPS) is 15.6. The lowest BCUT2D eigenvalue weighted by atomic mass is 10.4. The third-order valence-corrected chi connectivity index (χ3v) is 2.18. The molecule has 4 nitrogen and oxygen atoms in total. The maximum absolute atomic E-state index is 4.91. The molecule has 50 valence electrons. The van der Waals surface area contributed by atoms with Crippen LogP contribution in [0.5, 0.6) is 0 Å². The van der Waals surface area contributed by atoms with E-state index in [1.54, 1.807) is 11.8 Å². The van der Waals surface area contributed by atoms with Crippen LogP contribution in [0.15, 0.2) is 14.2 Å². The van der Waals surface area contributed by atoms with Crippen LogP contribution in [0.25, 0.3) is 0 Å². The van der Waals surface area contributed by atoms with Crippen LogP contribution in [0.1, 0.15) is 5.69 Å². The summed E-state index contributed by atoms with van der Waals surface area (Å²) in [6, 6.07) is 0. The van der Waals surface area contributed by atoms with Gasteiger partial charge >= 0.3 is 0 Å². The van der Waals surface area contributed by atoms with E-state index in [4.69, 9.17) is 4.52 Å². The molecule has 0 unspecified atom stereocenters. The van der Waals surface area contributed by atoms with Gasteiger partial charge in [0.1, 0.15) is 5.69 Å². The van der Waals surface area contributed by atoms with E-state index in [1.807, 2.05) is 0 Å². The average molecular weight is 146 g/mol. The monoisotopic (exact) mass is 146 g/mol. The summed E-state index contributed by atoms with van der Waals surface area (Å²) in [5.41, 5.74) is 1.04. The summed E-state index contributed by atoms with van der Waals surface area (Å²) in [5, 5.41) is 5.87. The number of thioether (sulfide) groups is 1. The summed E-state index contributed by atoms with van der Waals surface area (Å²) in [6.45, 7) is 0. The Morgan fingerprint density at radius 3 is 3.44 bits per heavy atom. The number of fused-ring (bicyclic) bond motifs is 1. The SMILES string of the molecule is C1Cc2[nH]o[nH]oc2S1. The number of nitrogens with one attached hydrogen (secondary N) is 2. The highest BCUT2D eigenvalue weighted by atomic mass is 32.2. The minimum absolute atomic E-state index is 0.904. The largest absolute Gasteiger partial charge is 0.341 e. The molecule has 5 heteroatoms. The molecule has 0 saturated carbocycles. The van der Waals surface area contributed by atoms with E-state index in [0.29, 0.717) is 0 Å². The van der Waals surface area contributed by atoms with Gasteiger partial charge < -0.3 is 4.52 Å². The number of rotatable bonds is 0. The molecule has 0 bridgehead atoms. The first-order valence-electron chi connectivity index (χ1n) is 2.66. The lowest BCUT2D eigenvalue weighted by molar-refractivity contribution is 0.0854. The van der Waals surface area contributed by atoms with Crippen molar-refractivity contribution in [3.63, 3.8) is 0 Å². The maximum atomic E-state index is 4.91. The van der Waals surface area contributed by atoms with Gasteiger partial charge in [0.25, 0.3) is 0 Å². The Kier molecular flexibility index (Phi) is 1.08. The smallest absolute Gasteiger partial charge is 0.214 e. The highest BCUT2D eigenvalue weighted by Crippen LogP contribution is 2.27. The Bertz CT molecular complexity index is 207. The van der Waals surface area contributed by atoms with Crippen molar-refractivity contribution >= 4 is 11.8 Å². The second-order valence-corrected chi connectivity index (χ2v) is 2.82. The average Bonchev–Trinajstić information content (AvgIpc) is 2.33. The summed E-state index contributed by atoms with van der Waals surface area (Å²) in [7, 11) is 0. The van der Waals surface area contributed by atoms with Gasteiger partial charge in [0.2, 0.25) is 5.09 Å². The number of aromatic nitrogens is 2. The zero-order valence-corrected chi connectivity index (χ0v) is 5.46. The Balaban J connectivity index is 2.54. The Labute approximate surface area is 55.2 Å². The second kappa shape index (κ2) is 1.91. The van der Waals surface area contributed by atoms with Gasteiger partial charge in [-0.3, -0.25) is 4.63 Å². The van der Waals surface area contributed by atoms with Crippen LogP contribution in [0.4, 0.5) is 0 Å². The number of hydrogen-bond donors (Lipinski definition) is 2. The molecule has 2 N–H and O–H groups in total. The quantitative estimate of drug-likeness (QED) is 0.580. The van der Waals surface area contributed by atoms with E-state index in [1.165, 1.54) is 0 Å². The summed E-state index contributed by atoms with van der Waals surface area (Å²) < 4.78 is 9.50. The van der Waals surface area contributed by atoms with Crippen molar-refractivity contribution in [1.82, 2.24) is 10.5 Å². The highest BCUT2D eigenvalue weighted by Gasteiger charge is 2.14. The Hall–Kier alpha value is -0.710. The van der Waals surface area contributed by atoms with E-state index < -0.39 is 0 Å². The van der Waals surface area contributed by atoms with Crippen LogP contribution in [0.2, 0.25) is 0 Å².